The highest BCUT2D eigenvalue weighted by Crippen LogP contribution is 2.29. The van der Waals surface area contributed by atoms with Crippen molar-refractivity contribution in [3.05, 3.63) is 59.2 Å². The largest absolute Gasteiger partial charge is 0.310 e. The summed E-state index contributed by atoms with van der Waals surface area (Å²) in [6, 6.07) is 9.59. The molecule has 2 aromatic rings. The minimum Gasteiger partial charge on any atom is -0.310 e. The summed E-state index contributed by atoms with van der Waals surface area (Å²) in [4.78, 5) is 0. The lowest BCUT2D eigenvalue weighted by atomic mass is 9.96. The van der Waals surface area contributed by atoms with E-state index in [1.807, 2.05) is 20.8 Å². The number of hydrogen-bond acceptors (Lipinski definition) is 1. The fraction of sp³-hybridized carbons (Fsp3) is 0.294. The zero-order valence-corrected chi connectivity index (χ0v) is 12.0. The minimum absolute atomic E-state index is 0.133. The Morgan fingerprint density at radius 2 is 1.80 bits per heavy atom. The molecule has 1 unspecified atom stereocenters. The molecule has 2 rings (SSSR count). The lowest BCUT2D eigenvalue weighted by molar-refractivity contribution is 0.592. The van der Waals surface area contributed by atoms with Crippen LogP contribution in [0.4, 0.5) is 8.78 Å². The van der Waals surface area contributed by atoms with Crippen LogP contribution in [0.1, 0.15) is 31.0 Å². The van der Waals surface area contributed by atoms with Crippen LogP contribution in [0.15, 0.2) is 36.4 Å². The first-order chi connectivity index (χ1) is 9.52. The van der Waals surface area contributed by atoms with Gasteiger partial charge in [-0.2, -0.15) is 0 Å². The summed E-state index contributed by atoms with van der Waals surface area (Å²) in [6.07, 6.45) is 0. The van der Waals surface area contributed by atoms with Gasteiger partial charge in [-0.05, 0) is 61.3 Å². The first-order valence-corrected chi connectivity index (χ1v) is 6.82. The third-order valence-electron chi connectivity index (χ3n) is 3.49. The van der Waals surface area contributed by atoms with Crippen LogP contribution in [0.3, 0.4) is 0 Å². The molecule has 20 heavy (non-hydrogen) atoms. The van der Waals surface area contributed by atoms with E-state index in [2.05, 4.69) is 5.32 Å². The van der Waals surface area contributed by atoms with E-state index in [-0.39, 0.29) is 17.7 Å². The Hall–Kier alpha value is -1.74. The summed E-state index contributed by atoms with van der Waals surface area (Å²) < 4.78 is 27.5. The van der Waals surface area contributed by atoms with Gasteiger partial charge in [0.1, 0.15) is 11.6 Å². The van der Waals surface area contributed by atoms with Crippen molar-refractivity contribution in [2.75, 3.05) is 6.54 Å². The van der Waals surface area contributed by atoms with Crippen LogP contribution in [-0.2, 0) is 0 Å². The van der Waals surface area contributed by atoms with Gasteiger partial charge in [-0.3, -0.25) is 0 Å². The zero-order chi connectivity index (χ0) is 14.7. The van der Waals surface area contributed by atoms with Crippen LogP contribution in [0.2, 0.25) is 0 Å². The Morgan fingerprint density at radius 1 is 1.05 bits per heavy atom. The van der Waals surface area contributed by atoms with Gasteiger partial charge in [0, 0.05) is 11.6 Å². The van der Waals surface area contributed by atoms with Gasteiger partial charge in [0.2, 0.25) is 0 Å². The molecule has 0 amide bonds. The maximum atomic E-state index is 14.1. The minimum atomic E-state index is -0.352. The van der Waals surface area contributed by atoms with Gasteiger partial charge in [-0.25, -0.2) is 8.78 Å². The van der Waals surface area contributed by atoms with Crippen LogP contribution in [0.5, 0.6) is 0 Å². The molecular formula is C17H19F2N. The van der Waals surface area contributed by atoms with E-state index >= 15 is 0 Å². The van der Waals surface area contributed by atoms with Crippen LogP contribution >= 0.6 is 0 Å². The maximum Gasteiger partial charge on any atom is 0.131 e. The standard InChI is InChI=1S/C17H19F2N/c1-4-20-12(3)13-6-8-17(19)16(9-13)15-10-14(18)7-5-11(15)2/h5-10,12,20H,4H2,1-3H3. The van der Waals surface area contributed by atoms with Gasteiger partial charge in [-0.1, -0.05) is 19.1 Å². The van der Waals surface area contributed by atoms with Crippen LogP contribution in [-0.4, -0.2) is 6.54 Å². The molecular weight excluding hydrogens is 256 g/mol. The van der Waals surface area contributed by atoms with E-state index in [1.54, 1.807) is 18.2 Å². The Morgan fingerprint density at radius 3 is 2.50 bits per heavy atom. The summed E-state index contributed by atoms with van der Waals surface area (Å²) in [6.45, 7) is 6.75. The Bertz CT molecular complexity index is 608. The zero-order valence-electron chi connectivity index (χ0n) is 12.0. The van der Waals surface area contributed by atoms with Crippen LogP contribution in [0, 0.1) is 18.6 Å². The fourth-order valence-corrected chi connectivity index (χ4v) is 2.33. The van der Waals surface area contributed by atoms with Gasteiger partial charge >= 0.3 is 0 Å². The van der Waals surface area contributed by atoms with E-state index in [9.17, 15) is 8.78 Å². The summed E-state index contributed by atoms with van der Waals surface area (Å²) in [5, 5.41) is 3.29. The van der Waals surface area contributed by atoms with Crippen molar-refractivity contribution in [3.63, 3.8) is 0 Å². The Labute approximate surface area is 118 Å². The summed E-state index contributed by atoms with van der Waals surface area (Å²) in [7, 11) is 0. The highest BCUT2D eigenvalue weighted by Gasteiger charge is 2.12. The average molecular weight is 275 g/mol. The van der Waals surface area contributed by atoms with Crippen molar-refractivity contribution in [3.8, 4) is 11.1 Å². The molecule has 0 aliphatic rings. The van der Waals surface area contributed by atoms with Crippen molar-refractivity contribution < 1.29 is 8.78 Å². The third-order valence-corrected chi connectivity index (χ3v) is 3.49. The van der Waals surface area contributed by atoms with E-state index in [4.69, 9.17) is 0 Å². The second-order valence-corrected chi connectivity index (χ2v) is 4.98. The van der Waals surface area contributed by atoms with E-state index in [1.165, 1.54) is 18.2 Å². The van der Waals surface area contributed by atoms with Gasteiger partial charge in [0.25, 0.3) is 0 Å². The molecule has 0 aliphatic heterocycles. The SMILES string of the molecule is CCNC(C)c1ccc(F)c(-c2cc(F)ccc2C)c1. The highest BCUT2D eigenvalue weighted by molar-refractivity contribution is 5.68. The molecule has 0 heterocycles. The van der Waals surface area contributed by atoms with Gasteiger partial charge < -0.3 is 5.32 Å². The number of hydrogen-bond donors (Lipinski definition) is 1. The van der Waals surface area contributed by atoms with Gasteiger partial charge in [-0.15, -0.1) is 0 Å². The second kappa shape index (κ2) is 6.14. The van der Waals surface area contributed by atoms with Crippen LogP contribution in [0.25, 0.3) is 11.1 Å². The quantitative estimate of drug-likeness (QED) is 0.859. The smallest absolute Gasteiger partial charge is 0.131 e. The molecule has 0 bridgehead atoms. The molecule has 0 fully saturated rings. The molecule has 0 radical (unpaired) electrons. The molecule has 0 saturated heterocycles. The molecule has 2 aromatic carbocycles. The molecule has 0 saturated carbocycles. The molecule has 0 aliphatic carbocycles. The molecule has 0 spiro atoms. The number of rotatable bonds is 4. The molecule has 0 aromatic heterocycles. The fourth-order valence-electron chi connectivity index (χ4n) is 2.33. The Kier molecular flexibility index (Phi) is 4.50. The van der Waals surface area contributed by atoms with Crippen molar-refractivity contribution in [2.45, 2.75) is 26.8 Å². The maximum absolute atomic E-state index is 14.1. The van der Waals surface area contributed by atoms with Gasteiger partial charge in [0.15, 0.2) is 0 Å². The average Bonchev–Trinajstić information content (AvgIpc) is 2.42. The summed E-state index contributed by atoms with van der Waals surface area (Å²) in [5.74, 6) is -0.679. The summed E-state index contributed by atoms with van der Waals surface area (Å²) in [5.41, 5.74) is 2.91. The van der Waals surface area contributed by atoms with Crippen molar-refractivity contribution >= 4 is 0 Å². The molecule has 3 heteroatoms. The number of benzene rings is 2. The lowest BCUT2D eigenvalue weighted by Gasteiger charge is -2.15. The van der Waals surface area contributed by atoms with Crippen molar-refractivity contribution in [1.29, 1.82) is 0 Å². The second-order valence-electron chi connectivity index (χ2n) is 4.98. The third kappa shape index (κ3) is 3.05. The number of nitrogens with one attached hydrogen (secondary N) is 1. The summed E-state index contributed by atoms with van der Waals surface area (Å²) >= 11 is 0. The normalized spacial score (nSPS) is 12.4. The lowest BCUT2D eigenvalue weighted by Crippen LogP contribution is -2.17. The predicted octanol–water partition coefficient (Wildman–Crippen LogP) is 4.61. The highest BCUT2D eigenvalue weighted by atomic mass is 19.1. The van der Waals surface area contributed by atoms with E-state index in [0.717, 1.165) is 17.7 Å². The van der Waals surface area contributed by atoms with Crippen molar-refractivity contribution in [1.82, 2.24) is 5.32 Å². The molecule has 1 nitrogen and oxygen atoms in total. The Balaban J connectivity index is 2.50. The van der Waals surface area contributed by atoms with E-state index < -0.39 is 0 Å². The molecule has 1 atom stereocenters. The number of halogens is 2. The van der Waals surface area contributed by atoms with E-state index in [0.29, 0.717) is 11.1 Å². The monoisotopic (exact) mass is 275 g/mol. The predicted molar refractivity (Wildman–Crippen MR) is 78.6 cm³/mol. The molecule has 106 valence electrons. The topological polar surface area (TPSA) is 12.0 Å². The van der Waals surface area contributed by atoms with Gasteiger partial charge in [0.05, 0.1) is 0 Å². The number of aryl methyl sites for hydroxylation is 1. The first-order valence-electron chi connectivity index (χ1n) is 6.82. The molecule has 1 N–H and O–H groups in total. The van der Waals surface area contributed by atoms with Crippen LogP contribution < -0.4 is 5.32 Å². The van der Waals surface area contributed by atoms with Crippen molar-refractivity contribution in [2.24, 2.45) is 0 Å². The first kappa shape index (κ1) is 14.7.